The Morgan fingerprint density at radius 1 is 1.05 bits per heavy atom. The average Bonchev–Trinajstić information content (AvgIpc) is 2.88. The van der Waals surface area contributed by atoms with Crippen molar-refractivity contribution in [2.45, 2.75) is 89.2 Å². The van der Waals surface area contributed by atoms with E-state index in [1.54, 1.807) is 0 Å². The maximum atomic E-state index is 6.20. The first-order valence-electron chi connectivity index (χ1n) is 8.78. The van der Waals surface area contributed by atoms with Crippen LogP contribution >= 0.6 is 0 Å². The van der Waals surface area contributed by atoms with Crippen LogP contribution in [0.15, 0.2) is 0 Å². The fourth-order valence-corrected chi connectivity index (χ4v) is 5.29. The Kier molecular flexibility index (Phi) is 4.40. The van der Waals surface area contributed by atoms with Crippen molar-refractivity contribution in [1.29, 1.82) is 0 Å². The third-order valence-corrected chi connectivity index (χ3v) is 6.44. The number of hydrazine groups is 1. The first-order valence-corrected chi connectivity index (χ1v) is 8.78. The van der Waals surface area contributed by atoms with Crippen molar-refractivity contribution in [2.24, 2.45) is 17.2 Å². The van der Waals surface area contributed by atoms with Gasteiger partial charge < -0.3 is 4.74 Å². The van der Waals surface area contributed by atoms with E-state index in [9.17, 15) is 0 Å². The van der Waals surface area contributed by atoms with E-state index in [1.807, 2.05) is 0 Å². The number of nitrogens with one attached hydrogen (secondary N) is 1. The summed E-state index contributed by atoms with van der Waals surface area (Å²) >= 11 is 0. The van der Waals surface area contributed by atoms with Crippen LogP contribution in [0.4, 0.5) is 0 Å². The summed E-state index contributed by atoms with van der Waals surface area (Å²) < 4.78 is 6.20. The van der Waals surface area contributed by atoms with E-state index in [1.165, 1.54) is 70.6 Å². The molecule has 1 saturated heterocycles. The van der Waals surface area contributed by atoms with Crippen LogP contribution in [0.1, 0.15) is 77.6 Å². The van der Waals surface area contributed by atoms with E-state index in [2.05, 4.69) is 12.3 Å². The highest BCUT2D eigenvalue weighted by atomic mass is 16.5. The molecule has 0 aromatic heterocycles. The van der Waals surface area contributed by atoms with E-state index >= 15 is 0 Å². The molecule has 3 rings (SSSR count). The highest BCUT2D eigenvalue weighted by Gasteiger charge is 2.46. The largest absolute Gasteiger partial charge is 0.375 e. The molecule has 3 aliphatic rings. The zero-order valence-corrected chi connectivity index (χ0v) is 13.1. The number of hydrogen-bond donors (Lipinski definition) is 2. The van der Waals surface area contributed by atoms with Crippen molar-refractivity contribution in [3.63, 3.8) is 0 Å². The third-order valence-electron chi connectivity index (χ3n) is 6.44. The highest BCUT2D eigenvalue weighted by molar-refractivity contribution is 4.99. The van der Waals surface area contributed by atoms with Crippen molar-refractivity contribution in [2.75, 3.05) is 6.61 Å². The molecule has 0 aromatic carbocycles. The van der Waals surface area contributed by atoms with Gasteiger partial charge in [-0.3, -0.25) is 11.3 Å². The highest BCUT2D eigenvalue weighted by Crippen LogP contribution is 2.48. The fraction of sp³-hybridized carbons (Fsp3) is 1.00. The summed E-state index contributed by atoms with van der Waals surface area (Å²) in [5.41, 5.74) is 3.84. The van der Waals surface area contributed by atoms with Gasteiger partial charge >= 0.3 is 0 Å². The predicted molar refractivity (Wildman–Crippen MR) is 82.2 cm³/mol. The Labute approximate surface area is 124 Å². The lowest BCUT2D eigenvalue weighted by Crippen LogP contribution is -2.55. The minimum Gasteiger partial charge on any atom is -0.375 e. The molecule has 3 heteroatoms. The second-order valence-electron chi connectivity index (χ2n) is 7.85. The number of nitrogens with two attached hydrogens (primary N) is 1. The van der Waals surface area contributed by atoms with Crippen molar-refractivity contribution in [3.05, 3.63) is 0 Å². The molecule has 0 bridgehead atoms. The van der Waals surface area contributed by atoms with Crippen LogP contribution in [0.3, 0.4) is 0 Å². The molecule has 20 heavy (non-hydrogen) atoms. The van der Waals surface area contributed by atoms with Gasteiger partial charge in [-0.15, -0.1) is 0 Å². The molecular formula is C17H32N2O. The van der Waals surface area contributed by atoms with E-state index in [-0.39, 0.29) is 5.60 Å². The quantitative estimate of drug-likeness (QED) is 0.614. The maximum absolute atomic E-state index is 6.20. The summed E-state index contributed by atoms with van der Waals surface area (Å²) in [6, 6.07) is 0.476. The Morgan fingerprint density at radius 2 is 1.70 bits per heavy atom. The van der Waals surface area contributed by atoms with Crippen LogP contribution in [0.5, 0.6) is 0 Å². The SMILES string of the molecule is CC1(C(NN)C2CCOC3(CCCC3)C2)CCCCC1. The molecule has 2 unspecified atom stereocenters. The second-order valence-corrected chi connectivity index (χ2v) is 7.85. The van der Waals surface area contributed by atoms with Crippen LogP contribution in [0, 0.1) is 11.3 Å². The zero-order chi connectivity index (χ0) is 14.1. The predicted octanol–water partition coefficient (Wildman–Crippen LogP) is 3.53. The Hall–Kier alpha value is -0.120. The van der Waals surface area contributed by atoms with Gasteiger partial charge in [0.15, 0.2) is 0 Å². The summed E-state index contributed by atoms with van der Waals surface area (Å²) in [6.07, 6.45) is 14.5. The van der Waals surface area contributed by atoms with Gasteiger partial charge in [0, 0.05) is 12.6 Å². The Bertz CT molecular complexity index is 319. The molecule has 116 valence electrons. The number of rotatable bonds is 3. The summed E-state index contributed by atoms with van der Waals surface area (Å²) in [5.74, 6) is 6.72. The van der Waals surface area contributed by atoms with Gasteiger partial charge in [-0.25, -0.2) is 0 Å². The van der Waals surface area contributed by atoms with Gasteiger partial charge in [0.25, 0.3) is 0 Å². The van der Waals surface area contributed by atoms with Crippen LogP contribution < -0.4 is 11.3 Å². The van der Waals surface area contributed by atoms with Gasteiger partial charge in [-0.1, -0.05) is 39.0 Å². The molecular weight excluding hydrogens is 248 g/mol. The molecule has 0 amide bonds. The van der Waals surface area contributed by atoms with Crippen LogP contribution in [-0.2, 0) is 4.74 Å². The lowest BCUT2D eigenvalue weighted by molar-refractivity contribution is -0.107. The average molecular weight is 280 g/mol. The lowest BCUT2D eigenvalue weighted by atomic mass is 9.64. The van der Waals surface area contributed by atoms with Crippen LogP contribution in [0.2, 0.25) is 0 Å². The van der Waals surface area contributed by atoms with Gasteiger partial charge in [0.1, 0.15) is 0 Å². The molecule has 2 atom stereocenters. The molecule has 3 nitrogen and oxygen atoms in total. The topological polar surface area (TPSA) is 47.3 Å². The fourth-order valence-electron chi connectivity index (χ4n) is 5.29. The molecule has 1 heterocycles. The van der Waals surface area contributed by atoms with E-state index < -0.39 is 0 Å². The molecule has 0 radical (unpaired) electrons. The summed E-state index contributed by atoms with van der Waals surface area (Å²) in [5, 5.41) is 0. The van der Waals surface area contributed by atoms with Gasteiger partial charge in [0.2, 0.25) is 0 Å². The summed E-state index contributed by atoms with van der Waals surface area (Å²) in [6.45, 7) is 3.41. The van der Waals surface area contributed by atoms with Gasteiger partial charge in [0.05, 0.1) is 5.60 Å². The first kappa shape index (κ1) is 14.8. The molecule has 1 aliphatic heterocycles. The molecule has 0 aromatic rings. The normalized spacial score (nSPS) is 34.2. The molecule has 1 spiro atoms. The maximum Gasteiger partial charge on any atom is 0.0685 e. The molecule has 3 N–H and O–H groups in total. The first-order chi connectivity index (χ1) is 9.68. The smallest absolute Gasteiger partial charge is 0.0685 e. The third kappa shape index (κ3) is 2.77. The molecule has 2 aliphatic carbocycles. The zero-order valence-electron chi connectivity index (χ0n) is 13.1. The summed E-state index contributed by atoms with van der Waals surface area (Å²) in [4.78, 5) is 0. The standard InChI is InChI=1S/C17H32N2O/c1-16(8-3-2-4-9-16)15(19-18)14-7-12-20-17(13-14)10-5-6-11-17/h14-15,19H,2-13,18H2,1H3. The van der Waals surface area contributed by atoms with Crippen molar-refractivity contribution < 1.29 is 4.74 Å². The van der Waals surface area contributed by atoms with Crippen molar-refractivity contribution >= 4 is 0 Å². The minimum atomic E-state index is 0.211. The molecule has 3 fully saturated rings. The Morgan fingerprint density at radius 3 is 2.35 bits per heavy atom. The van der Waals surface area contributed by atoms with Gasteiger partial charge in [-0.2, -0.15) is 0 Å². The van der Waals surface area contributed by atoms with Crippen LogP contribution in [-0.4, -0.2) is 18.2 Å². The second kappa shape index (κ2) is 5.94. The Balaban J connectivity index is 1.71. The summed E-state index contributed by atoms with van der Waals surface area (Å²) in [7, 11) is 0. The minimum absolute atomic E-state index is 0.211. The van der Waals surface area contributed by atoms with Crippen LogP contribution in [0.25, 0.3) is 0 Å². The monoisotopic (exact) mass is 280 g/mol. The van der Waals surface area contributed by atoms with E-state index in [0.29, 0.717) is 17.4 Å². The lowest BCUT2D eigenvalue weighted by Gasteiger charge is -2.48. The van der Waals surface area contributed by atoms with Crippen molar-refractivity contribution in [3.8, 4) is 0 Å². The molecule has 2 saturated carbocycles. The van der Waals surface area contributed by atoms with Gasteiger partial charge in [-0.05, 0) is 49.9 Å². The van der Waals surface area contributed by atoms with E-state index in [4.69, 9.17) is 10.6 Å². The number of hydrogen-bond acceptors (Lipinski definition) is 3. The van der Waals surface area contributed by atoms with E-state index in [0.717, 1.165) is 6.61 Å². The van der Waals surface area contributed by atoms with Crippen molar-refractivity contribution in [1.82, 2.24) is 5.43 Å². The number of ether oxygens (including phenoxy) is 1.